The van der Waals surface area contributed by atoms with Crippen molar-refractivity contribution >= 4 is 0 Å². The van der Waals surface area contributed by atoms with Gasteiger partial charge >= 0.3 is 0 Å². The topological polar surface area (TPSA) is 79.2 Å². The van der Waals surface area contributed by atoms with Crippen LogP contribution in [0.3, 0.4) is 0 Å². The lowest BCUT2D eigenvalue weighted by Crippen LogP contribution is -2.53. The number of ether oxygens (including phenoxy) is 2. The second-order valence-electron chi connectivity index (χ2n) is 3.98. The van der Waals surface area contributed by atoms with E-state index in [4.69, 9.17) is 14.6 Å². The van der Waals surface area contributed by atoms with E-state index < -0.39 is 24.6 Å². The SMILES string of the molecule is CC(C)CO[C@H]1OC[C@@H](O)[C@H](O)[C@H]1O. The molecule has 1 fully saturated rings. The largest absolute Gasteiger partial charge is 0.388 e. The molecule has 84 valence electrons. The van der Waals surface area contributed by atoms with Crippen LogP contribution in [0.15, 0.2) is 0 Å². The van der Waals surface area contributed by atoms with Crippen molar-refractivity contribution in [1.29, 1.82) is 0 Å². The van der Waals surface area contributed by atoms with Crippen molar-refractivity contribution in [2.45, 2.75) is 38.4 Å². The van der Waals surface area contributed by atoms with Crippen LogP contribution in [0.2, 0.25) is 0 Å². The molecule has 0 spiro atoms. The number of hydrogen-bond acceptors (Lipinski definition) is 5. The molecule has 1 aliphatic heterocycles. The second kappa shape index (κ2) is 5.04. The standard InChI is InChI=1S/C9H18O5/c1-5(2)3-13-9-8(12)7(11)6(10)4-14-9/h5-12H,3-4H2,1-2H3/t6-,7+,8-,9+/m1/s1. The molecule has 5 heteroatoms. The molecule has 0 unspecified atom stereocenters. The summed E-state index contributed by atoms with van der Waals surface area (Å²) < 4.78 is 10.3. The smallest absolute Gasteiger partial charge is 0.186 e. The van der Waals surface area contributed by atoms with Gasteiger partial charge in [0.25, 0.3) is 0 Å². The van der Waals surface area contributed by atoms with E-state index in [0.29, 0.717) is 12.5 Å². The summed E-state index contributed by atoms with van der Waals surface area (Å²) in [7, 11) is 0. The van der Waals surface area contributed by atoms with Crippen molar-refractivity contribution in [1.82, 2.24) is 0 Å². The molecule has 14 heavy (non-hydrogen) atoms. The number of rotatable bonds is 3. The third-order valence-electron chi connectivity index (χ3n) is 2.05. The van der Waals surface area contributed by atoms with Crippen molar-refractivity contribution < 1.29 is 24.8 Å². The van der Waals surface area contributed by atoms with Gasteiger partial charge in [0.05, 0.1) is 13.2 Å². The molecule has 5 nitrogen and oxygen atoms in total. The van der Waals surface area contributed by atoms with Crippen molar-refractivity contribution in [3.8, 4) is 0 Å². The summed E-state index contributed by atoms with van der Waals surface area (Å²) in [4.78, 5) is 0. The number of aliphatic hydroxyl groups is 3. The molecular weight excluding hydrogens is 188 g/mol. The summed E-state index contributed by atoms with van der Waals surface area (Å²) in [6.45, 7) is 4.38. The summed E-state index contributed by atoms with van der Waals surface area (Å²) in [6, 6.07) is 0. The summed E-state index contributed by atoms with van der Waals surface area (Å²) in [5, 5.41) is 27.9. The Labute approximate surface area is 83.3 Å². The first-order valence-corrected chi connectivity index (χ1v) is 4.79. The third-order valence-corrected chi connectivity index (χ3v) is 2.05. The molecule has 0 saturated carbocycles. The Kier molecular flexibility index (Phi) is 4.28. The maximum atomic E-state index is 9.46. The first-order valence-electron chi connectivity index (χ1n) is 4.79. The molecular formula is C9H18O5. The van der Waals surface area contributed by atoms with Crippen molar-refractivity contribution in [3.05, 3.63) is 0 Å². The van der Waals surface area contributed by atoms with Crippen molar-refractivity contribution in [2.75, 3.05) is 13.2 Å². The van der Waals surface area contributed by atoms with Crippen LogP contribution >= 0.6 is 0 Å². The lowest BCUT2D eigenvalue weighted by atomic mass is 10.1. The lowest BCUT2D eigenvalue weighted by molar-refractivity contribution is -0.271. The van der Waals surface area contributed by atoms with Gasteiger partial charge in [-0.05, 0) is 5.92 Å². The van der Waals surface area contributed by atoms with Gasteiger partial charge in [0, 0.05) is 0 Å². The van der Waals surface area contributed by atoms with Crippen LogP contribution in [0.25, 0.3) is 0 Å². The van der Waals surface area contributed by atoms with Crippen molar-refractivity contribution in [3.63, 3.8) is 0 Å². The summed E-state index contributed by atoms with van der Waals surface area (Å²) >= 11 is 0. The molecule has 0 amide bonds. The van der Waals surface area contributed by atoms with Gasteiger partial charge in [-0.25, -0.2) is 0 Å². The summed E-state index contributed by atoms with van der Waals surface area (Å²) in [5.74, 6) is 0.329. The molecule has 1 heterocycles. The van der Waals surface area contributed by atoms with Gasteiger partial charge in [0.15, 0.2) is 6.29 Å². The van der Waals surface area contributed by atoms with Gasteiger partial charge in [0.2, 0.25) is 0 Å². The molecule has 0 aliphatic carbocycles. The molecule has 0 bridgehead atoms. The number of aliphatic hydroxyl groups excluding tert-OH is 3. The van der Waals surface area contributed by atoms with E-state index in [0.717, 1.165) is 0 Å². The minimum absolute atomic E-state index is 0.0129. The van der Waals surface area contributed by atoms with Crippen LogP contribution in [0.5, 0.6) is 0 Å². The highest BCUT2D eigenvalue weighted by molar-refractivity contribution is 4.82. The summed E-state index contributed by atoms with van der Waals surface area (Å²) in [5.41, 5.74) is 0. The average molecular weight is 206 g/mol. The van der Waals surface area contributed by atoms with Crippen LogP contribution in [-0.4, -0.2) is 53.1 Å². The maximum absolute atomic E-state index is 9.46. The predicted molar refractivity (Wildman–Crippen MR) is 48.6 cm³/mol. The second-order valence-corrected chi connectivity index (χ2v) is 3.98. The Morgan fingerprint density at radius 2 is 1.93 bits per heavy atom. The fraction of sp³-hybridized carbons (Fsp3) is 1.00. The Hall–Kier alpha value is -0.200. The van der Waals surface area contributed by atoms with Gasteiger partial charge < -0.3 is 24.8 Å². The Balaban J connectivity index is 2.39. The fourth-order valence-corrected chi connectivity index (χ4v) is 1.21. The Morgan fingerprint density at radius 1 is 1.29 bits per heavy atom. The maximum Gasteiger partial charge on any atom is 0.186 e. The van der Waals surface area contributed by atoms with E-state index in [2.05, 4.69) is 0 Å². The Morgan fingerprint density at radius 3 is 2.50 bits per heavy atom. The lowest BCUT2D eigenvalue weighted by Gasteiger charge is -2.35. The zero-order valence-electron chi connectivity index (χ0n) is 8.46. The first-order chi connectivity index (χ1) is 6.52. The van der Waals surface area contributed by atoms with Gasteiger partial charge in [-0.1, -0.05) is 13.8 Å². The highest BCUT2D eigenvalue weighted by atomic mass is 16.7. The highest BCUT2D eigenvalue weighted by Gasteiger charge is 2.38. The van der Waals surface area contributed by atoms with E-state index in [1.54, 1.807) is 0 Å². The van der Waals surface area contributed by atoms with Crippen LogP contribution < -0.4 is 0 Å². The molecule has 1 aliphatic rings. The third kappa shape index (κ3) is 2.90. The van der Waals surface area contributed by atoms with E-state index in [-0.39, 0.29) is 6.61 Å². The van der Waals surface area contributed by atoms with E-state index >= 15 is 0 Å². The molecule has 0 aromatic carbocycles. The number of hydrogen-bond donors (Lipinski definition) is 3. The van der Waals surface area contributed by atoms with Gasteiger partial charge in [0.1, 0.15) is 18.3 Å². The fourth-order valence-electron chi connectivity index (χ4n) is 1.21. The van der Waals surface area contributed by atoms with E-state index in [9.17, 15) is 10.2 Å². The molecule has 0 radical (unpaired) electrons. The monoisotopic (exact) mass is 206 g/mol. The normalized spacial score (nSPS) is 39.0. The van der Waals surface area contributed by atoms with Crippen molar-refractivity contribution in [2.24, 2.45) is 5.92 Å². The average Bonchev–Trinajstić information content (AvgIpc) is 2.13. The molecule has 4 atom stereocenters. The first kappa shape index (κ1) is 11.9. The van der Waals surface area contributed by atoms with Crippen LogP contribution in [0.1, 0.15) is 13.8 Å². The minimum atomic E-state index is -1.19. The van der Waals surface area contributed by atoms with Gasteiger partial charge in [-0.15, -0.1) is 0 Å². The molecule has 3 N–H and O–H groups in total. The van der Waals surface area contributed by atoms with E-state index in [1.807, 2.05) is 13.8 Å². The van der Waals surface area contributed by atoms with Crippen LogP contribution in [-0.2, 0) is 9.47 Å². The van der Waals surface area contributed by atoms with Crippen LogP contribution in [0.4, 0.5) is 0 Å². The van der Waals surface area contributed by atoms with Crippen LogP contribution in [0, 0.1) is 5.92 Å². The zero-order chi connectivity index (χ0) is 10.7. The zero-order valence-corrected chi connectivity index (χ0v) is 8.46. The van der Waals surface area contributed by atoms with E-state index in [1.165, 1.54) is 0 Å². The summed E-state index contributed by atoms with van der Waals surface area (Å²) in [6.07, 6.45) is -4.25. The quantitative estimate of drug-likeness (QED) is 0.557. The highest BCUT2D eigenvalue weighted by Crippen LogP contribution is 2.17. The molecule has 0 aromatic rings. The van der Waals surface area contributed by atoms with Gasteiger partial charge in [-0.3, -0.25) is 0 Å². The minimum Gasteiger partial charge on any atom is -0.388 e. The predicted octanol–water partition coefficient (Wildman–Crippen LogP) is -0.902. The van der Waals surface area contributed by atoms with Gasteiger partial charge in [-0.2, -0.15) is 0 Å². The molecule has 1 rings (SSSR count). The molecule has 1 saturated heterocycles. The molecule has 0 aromatic heterocycles. The Bertz CT molecular complexity index is 173.